The van der Waals surface area contributed by atoms with Gasteiger partial charge in [-0.25, -0.2) is 9.59 Å². The van der Waals surface area contributed by atoms with Crippen LogP contribution in [-0.2, 0) is 4.74 Å². The molecule has 33 heavy (non-hydrogen) atoms. The number of likely N-dealkylation sites (tertiary alicyclic amines) is 1. The van der Waals surface area contributed by atoms with Gasteiger partial charge in [0.1, 0.15) is 18.0 Å². The van der Waals surface area contributed by atoms with Crippen molar-refractivity contribution in [2.45, 2.75) is 56.8 Å². The number of nitrogens with zero attached hydrogens (tertiary/aromatic N) is 1. The Bertz CT molecular complexity index is 944. The van der Waals surface area contributed by atoms with Crippen LogP contribution >= 0.6 is 12.4 Å². The molecule has 1 aliphatic heterocycles. The fraction of sp³-hybridized carbons (Fsp3) is 0.440. The minimum atomic E-state index is -0.988. The van der Waals surface area contributed by atoms with Gasteiger partial charge in [-0.05, 0) is 73.9 Å². The lowest BCUT2D eigenvalue weighted by atomic mass is 10.0. The minimum Gasteiger partial charge on any atom is -0.484 e. The van der Waals surface area contributed by atoms with Crippen molar-refractivity contribution < 1.29 is 24.2 Å². The van der Waals surface area contributed by atoms with Gasteiger partial charge in [0.2, 0.25) is 0 Å². The predicted molar refractivity (Wildman–Crippen MR) is 127 cm³/mol. The van der Waals surface area contributed by atoms with Gasteiger partial charge in [-0.1, -0.05) is 24.3 Å². The van der Waals surface area contributed by atoms with Crippen LogP contribution in [0, 0.1) is 0 Å². The summed E-state index contributed by atoms with van der Waals surface area (Å²) in [6.07, 6.45) is 2.15. The van der Waals surface area contributed by atoms with Crippen molar-refractivity contribution in [1.82, 2.24) is 4.90 Å². The van der Waals surface area contributed by atoms with Crippen LogP contribution in [0.4, 0.5) is 4.79 Å². The monoisotopic (exact) mass is 474 g/mol. The molecule has 1 saturated carbocycles. The normalized spacial score (nSPS) is 19.7. The minimum absolute atomic E-state index is 0. The van der Waals surface area contributed by atoms with E-state index in [-0.39, 0.29) is 31.1 Å². The summed E-state index contributed by atoms with van der Waals surface area (Å²) in [4.78, 5) is 24.9. The quantitative estimate of drug-likeness (QED) is 0.561. The third-order valence-corrected chi connectivity index (χ3v) is 6.07. The van der Waals surface area contributed by atoms with Gasteiger partial charge >= 0.3 is 12.1 Å². The van der Waals surface area contributed by atoms with E-state index in [0.717, 1.165) is 5.56 Å². The van der Waals surface area contributed by atoms with E-state index in [2.05, 4.69) is 24.3 Å². The van der Waals surface area contributed by atoms with Gasteiger partial charge in [0.05, 0.1) is 12.1 Å². The maximum absolute atomic E-state index is 12.5. The van der Waals surface area contributed by atoms with Crippen molar-refractivity contribution in [2.75, 3.05) is 13.1 Å². The molecule has 178 valence electrons. The molecule has 7 nitrogen and oxygen atoms in total. The number of rotatable bonds is 7. The van der Waals surface area contributed by atoms with E-state index >= 15 is 0 Å². The molecule has 2 aromatic carbocycles. The summed E-state index contributed by atoms with van der Waals surface area (Å²) in [5.41, 5.74) is 8.98. The highest BCUT2D eigenvalue weighted by molar-refractivity contribution is 5.89. The average Bonchev–Trinajstić information content (AvgIpc) is 3.63. The van der Waals surface area contributed by atoms with E-state index in [0.29, 0.717) is 36.6 Å². The number of carboxylic acid groups (broad SMARTS) is 1. The highest BCUT2D eigenvalue weighted by atomic mass is 35.5. The molecule has 1 saturated heterocycles. The Morgan fingerprint density at radius 1 is 1.06 bits per heavy atom. The molecule has 4 rings (SSSR count). The topological polar surface area (TPSA) is 102 Å². The first-order chi connectivity index (χ1) is 15.4. The number of ether oxygens (including phenoxy) is 2. The molecule has 8 heteroatoms. The largest absolute Gasteiger partial charge is 0.484 e. The second-order valence-electron chi connectivity index (χ2n) is 8.76. The number of nitrogens with two attached hydrogens (primary N) is 1. The van der Waals surface area contributed by atoms with Crippen LogP contribution in [0.1, 0.15) is 66.1 Å². The van der Waals surface area contributed by atoms with E-state index in [1.54, 1.807) is 24.3 Å². The Kier molecular flexibility index (Phi) is 8.21. The Labute approximate surface area is 200 Å². The molecule has 1 amide bonds. The molecule has 1 heterocycles. The van der Waals surface area contributed by atoms with Gasteiger partial charge in [0.25, 0.3) is 0 Å². The maximum Gasteiger partial charge on any atom is 0.407 e. The number of hydrogen-bond acceptors (Lipinski definition) is 5. The predicted octanol–water partition coefficient (Wildman–Crippen LogP) is 4.75. The van der Waals surface area contributed by atoms with Gasteiger partial charge in [0.15, 0.2) is 0 Å². The fourth-order valence-corrected chi connectivity index (χ4v) is 4.10. The first kappa shape index (κ1) is 24.9. The summed E-state index contributed by atoms with van der Waals surface area (Å²) in [5.74, 6) is 0.852. The van der Waals surface area contributed by atoms with Crippen LogP contribution in [0.5, 0.6) is 5.75 Å². The molecule has 3 N–H and O–H groups in total. The molecule has 0 unspecified atom stereocenters. The van der Waals surface area contributed by atoms with Crippen molar-refractivity contribution in [3.05, 3.63) is 65.2 Å². The lowest BCUT2D eigenvalue weighted by molar-refractivity contribution is 0.00841. The van der Waals surface area contributed by atoms with E-state index in [1.165, 1.54) is 23.3 Å². The van der Waals surface area contributed by atoms with Crippen LogP contribution in [-0.4, -0.2) is 47.3 Å². The summed E-state index contributed by atoms with van der Waals surface area (Å²) < 4.78 is 11.7. The Morgan fingerprint density at radius 3 is 2.30 bits per heavy atom. The van der Waals surface area contributed by atoms with Crippen molar-refractivity contribution in [1.29, 1.82) is 0 Å². The van der Waals surface area contributed by atoms with Crippen molar-refractivity contribution in [2.24, 2.45) is 5.73 Å². The Hall–Kier alpha value is -2.77. The first-order valence-corrected chi connectivity index (χ1v) is 11.2. The zero-order chi connectivity index (χ0) is 22.7. The Morgan fingerprint density at radius 2 is 1.73 bits per heavy atom. The Balaban J connectivity index is 0.00000306. The zero-order valence-electron chi connectivity index (χ0n) is 18.7. The number of hydrogen-bond donors (Lipinski definition) is 2. The molecule has 2 aliphatic rings. The third-order valence-electron chi connectivity index (χ3n) is 6.07. The van der Waals surface area contributed by atoms with E-state index in [1.807, 2.05) is 6.92 Å². The molecule has 0 bridgehead atoms. The molecule has 0 aromatic heterocycles. The molecule has 0 radical (unpaired) electrons. The number of benzene rings is 2. The van der Waals surface area contributed by atoms with Crippen LogP contribution in [0.2, 0.25) is 0 Å². The van der Waals surface area contributed by atoms with Crippen LogP contribution in [0.15, 0.2) is 48.5 Å². The van der Waals surface area contributed by atoms with Crippen molar-refractivity contribution in [3.63, 3.8) is 0 Å². The lowest BCUT2D eigenvalue weighted by Crippen LogP contribution is -2.43. The van der Waals surface area contributed by atoms with E-state index in [4.69, 9.17) is 20.3 Å². The number of carbonyl (C=O) groups excluding carboxylic acids is 1. The summed E-state index contributed by atoms with van der Waals surface area (Å²) in [6, 6.07) is 15.0. The summed E-state index contributed by atoms with van der Waals surface area (Å²) in [6.45, 7) is 2.59. The third kappa shape index (κ3) is 6.39. The molecular formula is C25H31ClN2O5. The standard InChI is InChI=1S/C25H30N2O5.ClH/c1-16(26)23(19-8-6-18(7-9-19)17-4-5-17)31-21-12-10-20(11-13-21)24(28)32-22-3-2-14-27(15-22)25(29)30;/h6-13,16-17,22-23H,2-5,14-15,26H2,1H3,(H,29,30);1H/t16-,22-,23-;/m0./s1. The molecule has 1 aliphatic carbocycles. The molecular weight excluding hydrogens is 444 g/mol. The van der Waals surface area contributed by atoms with E-state index < -0.39 is 18.2 Å². The highest BCUT2D eigenvalue weighted by Crippen LogP contribution is 2.40. The summed E-state index contributed by atoms with van der Waals surface area (Å²) in [7, 11) is 0. The fourth-order valence-electron chi connectivity index (χ4n) is 4.10. The van der Waals surface area contributed by atoms with Crippen LogP contribution in [0.3, 0.4) is 0 Å². The van der Waals surface area contributed by atoms with Crippen molar-refractivity contribution >= 4 is 24.5 Å². The number of amides is 1. The van der Waals surface area contributed by atoms with Gasteiger partial charge in [-0.15, -0.1) is 12.4 Å². The number of esters is 1. The molecule has 3 atom stereocenters. The maximum atomic E-state index is 12.5. The summed E-state index contributed by atoms with van der Waals surface area (Å²) in [5, 5.41) is 9.13. The number of carbonyl (C=O) groups is 2. The highest BCUT2D eigenvalue weighted by Gasteiger charge is 2.27. The van der Waals surface area contributed by atoms with Gasteiger partial charge < -0.3 is 25.2 Å². The smallest absolute Gasteiger partial charge is 0.407 e. The van der Waals surface area contributed by atoms with Gasteiger partial charge in [-0.3, -0.25) is 0 Å². The molecule has 2 aromatic rings. The first-order valence-electron chi connectivity index (χ1n) is 11.2. The zero-order valence-corrected chi connectivity index (χ0v) is 19.5. The average molecular weight is 475 g/mol. The SMILES string of the molecule is C[C@H](N)[C@H](Oc1ccc(C(=O)O[C@H]2CCCN(C(=O)O)C2)cc1)c1ccc(C2CC2)cc1.Cl. The molecule has 0 spiro atoms. The number of piperidine rings is 1. The lowest BCUT2D eigenvalue weighted by Gasteiger charge is -2.30. The number of halogens is 1. The molecule has 2 fully saturated rings. The van der Waals surface area contributed by atoms with Gasteiger partial charge in [-0.2, -0.15) is 0 Å². The van der Waals surface area contributed by atoms with Crippen LogP contribution in [0.25, 0.3) is 0 Å². The van der Waals surface area contributed by atoms with Crippen LogP contribution < -0.4 is 10.5 Å². The van der Waals surface area contributed by atoms with E-state index in [9.17, 15) is 9.59 Å². The second kappa shape index (κ2) is 10.9. The van der Waals surface area contributed by atoms with Gasteiger partial charge in [0, 0.05) is 12.6 Å². The van der Waals surface area contributed by atoms with Crippen molar-refractivity contribution in [3.8, 4) is 5.75 Å². The second-order valence-corrected chi connectivity index (χ2v) is 8.76. The summed E-state index contributed by atoms with van der Waals surface area (Å²) >= 11 is 0.